The Hall–Kier alpha value is -1.62. The molecule has 2 N–H and O–H groups in total. The van der Waals surface area contributed by atoms with Crippen LogP contribution in [0.15, 0.2) is 24.3 Å². The molecule has 4 bridgehead atoms. The molecule has 1 saturated heterocycles. The first-order valence-corrected chi connectivity index (χ1v) is 9.83. The van der Waals surface area contributed by atoms with Gasteiger partial charge in [0.15, 0.2) is 0 Å². The first-order chi connectivity index (χ1) is 12.3. The van der Waals surface area contributed by atoms with E-state index in [4.69, 9.17) is 0 Å². The molecule has 5 heteroatoms. The molecule has 26 heavy (non-hydrogen) atoms. The van der Waals surface area contributed by atoms with Crippen LogP contribution in [0.4, 0.5) is 9.18 Å². The van der Waals surface area contributed by atoms with Gasteiger partial charge in [0.1, 0.15) is 5.82 Å². The van der Waals surface area contributed by atoms with E-state index in [0.717, 1.165) is 32.1 Å². The van der Waals surface area contributed by atoms with Crippen molar-refractivity contribution < 1.29 is 14.3 Å². The highest BCUT2D eigenvalue weighted by atomic mass is 19.1. The lowest BCUT2D eigenvalue weighted by Gasteiger charge is -2.60. The Bertz CT molecular complexity index is 752. The molecule has 4 saturated carbocycles. The maximum absolute atomic E-state index is 14.7. The van der Waals surface area contributed by atoms with Gasteiger partial charge in [0.2, 0.25) is 0 Å². The summed E-state index contributed by atoms with van der Waals surface area (Å²) in [6.07, 6.45) is 4.86. The summed E-state index contributed by atoms with van der Waals surface area (Å²) in [5, 5.41) is 14.1. The van der Waals surface area contributed by atoms with E-state index < -0.39 is 11.1 Å². The van der Waals surface area contributed by atoms with Crippen LogP contribution in [0.2, 0.25) is 0 Å². The average Bonchev–Trinajstić information content (AvgIpc) is 2.79. The number of rotatable bonds is 2. The third-order valence-electron chi connectivity index (χ3n) is 8.00. The Morgan fingerprint density at radius 2 is 1.85 bits per heavy atom. The van der Waals surface area contributed by atoms with Gasteiger partial charge in [0.05, 0.1) is 17.2 Å². The molecule has 4 atom stereocenters. The van der Waals surface area contributed by atoms with Crippen molar-refractivity contribution in [3.8, 4) is 0 Å². The Balaban J connectivity index is 1.58. The van der Waals surface area contributed by atoms with E-state index in [9.17, 15) is 14.3 Å². The summed E-state index contributed by atoms with van der Waals surface area (Å²) < 4.78 is 14.7. The molecule has 5 fully saturated rings. The minimum Gasteiger partial charge on any atom is -0.390 e. The zero-order valence-electron chi connectivity index (χ0n) is 15.4. The third kappa shape index (κ3) is 2.07. The number of hydrogen-bond acceptors (Lipinski definition) is 2. The average molecular weight is 358 g/mol. The van der Waals surface area contributed by atoms with Gasteiger partial charge >= 0.3 is 6.03 Å². The number of urea groups is 1. The topological polar surface area (TPSA) is 52.6 Å². The molecule has 1 heterocycles. The van der Waals surface area contributed by atoms with Crippen LogP contribution < -0.4 is 5.32 Å². The van der Waals surface area contributed by atoms with E-state index in [0.29, 0.717) is 29.2 Å². The lowest BCUT2D eigenvalue weighted by Crippen LogP contribution is -2.61. The number of carbonyl (C=O) groups is 1. The fourth-order valence-corrected chi connectivity index (χ4v) is 7.05. The number of nitrogens with zero attached hydrogens (tertiary/aromatic N) is 1. The Morgan fingerprint density at radius 3 is 2.46 bits per heavy atom. The second-order valence-electron chi connectivity index (χ2n) is 9.39. The molecule has 140 valence electrons. The molecule has 6 rings (SSSR count). The van der Waals surface area contributed by atoms with Crippen molar-refractivity contribution in [1.29, 1.82) is 0 Å². The lowest BCUT2D eigenvalue weighted by molar-refractivity contribution is -0.162. The van der Waals surface area contributed by atoms with Crippen molar-refractivity contribution in [1.82, 2.24) is 10.2 Å². The van der Waals surface area contributed by atoms with Crippen molar-refractivity contribution in [2.24, 2.45) is 23.7 Å². The number of nitrogens with one attached hydrogen (secondary N) is 1. The second kappa shape index (κ2) is 5.22. The molecule has 0 spiro atoms. The molecule has 5 aliphatic rings. The summed E-state index contributed by atoms with van der Waals surface area (Å²) in [6, 6.07) is 6.57. The van der Waals surface area contributed by atoms with Gasteiger partial charge in [-0.25, -0.2) is 9.18 Å². The van der Waals surface area contributed by atoms with E-state index in [2.05, 4.69) is 5.32 Å². The standard InChI is InChI=1S/C21H27FN2O2/c1-20(15-5-3-4-6-16(15)22)18(23-19(25)24(20)2)17-13-7-12-8-14(17)11-21(26,9-12)10-13/h3-6,12-14,17-18,26H,7-11H2,1-2H3,(H,23,25). The van der Waals surface area contributed by atoms with Gasteiger partial charge in [-0.15, -0.1) is 0 Å². The lowest BCUT2D eigenvalue weighted by atomic mass is 9.47. The van der Waals surface area contributed by atoms with Crippen molar-refractivity contribution >= 4 is 6.03 Å². The van der Waals surface area contributed by atoms with Crippen molar-refractivity contribution in [3.63, 3.8) is 0 Å². The highest BCUT2D eigenvalue weighted by Gasteiger charge is 2.62. The summed E-state index contributed by atoms with van der Waals surface area (Å²) in [5.41, 5.74) is -0.639. The van der Waals surface area contributed by atoms with Crippen LogP contribution in [0, 0.1) is 29.5 Å². The minimum absolute atomic E-state index is 0.129. The van der Waals surface area contributed by atoms with Crippen LogP contribution >= 0.6 is 0 Å². The molecule has 4 unspecified atom stereocenters. The van der Waals surface area contributed by atoms with Crippen LogP contribution in [-0.2, 0) is 5.54 Å². The monoisotopic (exact) mass is 358 g/mol. The van der Waals surface area contributed by atoms with Crippen LogP contribution in [0.5, 0.6) is 0 Å². The maximum atomic E-state index is 14.7. The highest BCUT2D eigenvalue weighted by molar-refractivity contribution is 5.79. The summed E-state index contributed by atoms with van der Waals surface area (Å²) in [7, 11) is 1.77. The largest absolute Gasteiger partial charge is 0.390 e. The van der Waals surface area contributed by atoms with Crippen LogP contribution in [-0.4, -0.2) is 34.7 Å². The molecule has 0 radical (unpaired) electrons. The normalized spacial score (nSPS) is 46.7. The SMILES string of the molecule is CN1C(=O)NC(C2C3CC4CC2CC(O)(C4)C3)C1(C)c1ccccc1F. The Morgan fingerprint density at radius 1 is 1.19 bits per heavy atom. The van der Waals surface area contributed by atoms with Crippen molar-refractivity contribution in [3.05, 3.63) is 35.6 Å². The zero-order valence-corrected chi connectivity index (χ0v) is 15.4. The fourth-order valence-electron chi connectivity index (χ4n) is 7.05. The first kappa shape index (κ1) is 16.5. The van der Waals surface area contributed by atoms with Gasteiger partial charge in [-0.3, -0.25) is 0 Å². The summed E-state index contributed by atoms with van der Waals surface area (Å²) in [5.74, 6) is 1.47. The molecule has 1 aliphatic heterocycles. The number of benzene rings is 1. The molecule has 1 aromatic rings. The Kier molecular flexibility index (Phi) is 3.32. The van der Waals surface area contributed by atoms with Crippen molar-refractivity contribution in [2.45, 2.75) is 56.2 Å². The smallest absolute Gasteiger partial charge is 0.318 e. The third-order valence-corrected chi connectivity index (χ3v) is 8.00. The second-order valence-corrected chi connectivity index (χ2v) is 9.39. The zero-order chi connectivity index (χ0) is 18.3. The van der Waals surface area contributed by atoms with Gasteiger partial charge in [-0.1, -0.05) is 18.2 Å². The molecular weight excluding hydrogens is 331 g/mol. The number of amides is 2. The fraction of sp³-hybridized carbons (Fsp3) is 0.667. The number of aliphatic hydroxyl groups is 1. The van der Waals surface area contributed by atoms with E-state index in [1.54, 1.807) is 18.0 Å². The Labute approximate surface area is 153 Å². The van der Waals surface area contributed by atoms with Crippen molar-refractivity contribution in [2.75, 3.05) is 7.05 Å². The van der Waals surface area contributed by atoms with Gasteiger partial charge < -0.3 is 15.3 Å². The van der Waals surface area contributed by atoms with Crippen LogP contribution in [0.3, 0.4) is 0 Å². The predicted molar refractivity (Wildman–Crippen MR) is 95.8 cm³/mol. The number of halogens is 1. The number of likely N-dealkylation sites (N-methyl/N-ethyl adjacent to an activating group) is 1. The van der Waals surface area contributed by atoms with Crippen LogP contribution in [0.1, 0.15) is 44.6 Å². The molecule has 1 aromatic carbocycles. The van der Waals surface area contributed by atoms with Gasteiger partial charge in [0, 0.05) is 12.6 Å². The maximum Gasteiger partial charge on any atom is 0.318 e. The van der Waals surface area contributed by atoms with Gasteiger partial charge in [-0.05, 0) is 68.8 Å². The summed E-state index contributed by atoms with van der Waals surface area (Å²) in [6.45, 7) is 1.99. The molecular formula is C21H27FN2O2. The molecule has 4 nitrogen and oxygen atoms in total. The summed E-state index contributed by atoms with van der Waals surface area (Å²) in [4.78, 5) is 14.3. The van der Waals surface area contributed by atoms with Gasteiger partial charge in [0.25, 0.3) is 0 Å². The van der Waals surface area contributed by atoms with E-state index in [1.165, 1.54) is 6.07 Å². The molecule has 0 aromatic heterocycles. The van der Waals surface area contributed by atoms with Crippen LogP contribution in [0.25, 0.3) is 0 Å². The first-order valence-electron chi connectivity index (χ1n) is 9.83. The van der Waals surface area contributed by atoms with E-state index in [1.807, 2.05) is 19.1 Å². The molecule has 4 aliphatic carbocycles. The predicted octanol–water partition coefficient (Wildman–Crippen LogP) is 3.25. The minimum atomic E-state index is -0.717. The molecule has 2 amide bonds. The summed E-state index contributed by atoms with van der Waals surface area (Å²) >= 11 is 0. The van der Waals surface area contributed by atoms with E-state index >= 15 is 0 Å². The number of hydrogen-bond donors (Lipinski definition) is 2. The quantitative estimate of drug-likeness (QED) is 0.853. The number of carbonyl (C=O) groups excluding carboxylic acids is 1. The van der Waals surface area contributed by atoms with E-state index in [-0.39, 0.29) is 17.9 Å². The van der Waals surface area contributed by atoms with Gasteiger partial charge in [-0.2, -0.15) is 0 Å². The highest BCUT2D eigenvalue weighted by Crippen LogP contribution is 2.61.